The lowest BCUT2D eigenvalue weighted by Crippen LogP contribution is -2.40. The van der Waals surface area contributed by atoms with Gasteiger partial charge in [-0.1, -0.05) is 11.6 Å². The molecule has 0 spiro atoms. The van der Waals surface area contributed by atoms with Crippen molar-refractivity contribution in [1.82, 2.24) is 14.8 Å². The van der Waals surface area contributed by atoms with Crippen LogP contribution in [0.3, 0.4) is 0 Å². The second-order valence-electron chi connectivity index (χ2n) is 7.46. The number of aromatic amines is 1. The second kappa shape index (κ2) is 5.49. The van der Waals surface area contributed by atoms with Gasteiger partial charge in [0, 0.05) is 65.7 Å². The van der Waals surface area contributed by atoms with Crippen LogP contribution in [0, 0.1) is 5.92 Å². The molecule has 1 aliphatic carbocycles. The monoisotopic (exact) mass is 357 g/mol. The van der Waals surface area contributed by atoms with E-state index in [9.17, 15) is 9.59 Å². The first kappa shape index (κ1) is 15.3. The van der Waals surface area contributed by atoms with Crippen LogP contribution in [0.1, 0.15) is 30.5 Å². The van der Waals surface area contributed by atoms with E-state index >= 15 is 0 Å². The summed E-state index contributed by atoms with van der Waals surface area (Å²) in [6.45, 7) is 1.91. The predicted molar refractivity (Wildman–Crippen MR) is 95.3 cm³/mol. The first-order valence-electron chi connectivity index (χ1n) is 8.97. The maximum Gasteiger partial charge on any atom is 0.228 e. The van der Waals surface area contributed by atoms with Crippen LogP contribution in [0.15, 0.2) is 18.2 Å². The minimum atomic E-state index is -0.177. The van der Waals surface area contributed by atoms with Crippen molar-refractivity contribution in [3.05, 3.63) is 34.5 Å². The number of rotatable bonds is 2. The fourth-order valence-corrected chi connectivity index (χ4v) is 4.44. The van der Waals surface area contributed by atoms with E-state index in [2.05, 4.69) is 4.98 Å². The summed E-state index contributed by atoms with van der Waals surface area (Å²) in [7, 11) is 0. The van der Waals surface area contributed by atoms with Gasteiger partial charge in [-0.25, -0.2) is 0 Å². The highest BCUT2D eigenvalue weighted by atomic mass is 35.5. The van der Waals surface area contributed by atoms with Crippen LogP contribution in [-0.4, -0.2) is 45.7 Å². The number of aromatic nitrogens is 1. The van der Waals surface area contributed by atoms with Crippen molar-refractivity contribution in [1.29, 1.82) is 0 Å². The lowest BCUT2D eigenvalue weighted by Gasteiger charge is -2.29. The van der Waals surface area contributed by atoms with Crippen LogP contribution in [0.25, 0.3) is 10.9 Å². The number of carbonyl (C=O) groups excluding carboxylic acids is 2. The van der Waals surface area contributed by atoms with Gasteiger partial charge in [-0.05, 0) is 31.0 Å². The number of H-pyrrole nitrogens is 1. The van der Waals surface area contributed by atoms with Crippen LogP contribution in [-0.2, 0) is 22.6 Å². The van der Waals surface area contributed by atoms with Crippen LogP contribution in [0.5, 0.6) is 0 Å². The minimum Gasteiger partial charge on any atom is -0.358 e. The molecule has 3 aliphatic rings. The quantitative estimate of drug-likeness (QED) is 0.898. The predicted octanol–water partition coefficient (Wildman–Crippen LogP) is 2.72. The van der Waals surface area contributed by atoms with Gasteiger partial charge in [0.1, 0.15) is 0 Å². The van der Waals surface area contributed by atoms with Crippen molar-refractivity contribution < 1.29 is 9.59 Å². The molecule has 3 heterocycles. The third-order valence-corrected chi connectivity index (χ3v) is 5.98. The molecule has 1 saturated carbocycles. The van der Waals surface area contributed by atoms with Crippen LogP contribution < -0.4 is 0 Å². The molecule has 5 nitrogen and oxygen atoms in total. The minimum absolute atomic E-state index is 0.124. The molecule has 0 radical (unpaired) electrons. The Balaban J connectivity index is 1.38. The van der Waals surface area contributed by atoms with Gasteiger partial charge in [0.2, 0.25) is 11.8 Å². The normalized spacial score (nSPS) is 23.4. The Hall–Kier alpha value is -2.01. The fraction of sp³-hybridized carbons (Fsp3) is 0.474. The molecule has 2 fully saturated rings. The van der Waals surface area contributed by atoms with Gasteiger partial charge < -0.3 is 14.8 Å². The molecular weight excluding hydrogens is 338 g/mol. The molecule has 1 aromatic heterocycles. The largest absolute Gasteiger partial charge is 0.358 e. The Morgan fingerprint density at radius 2 is 2.12 bits per heavy atom. The lowest BCUT2D eigenvalue weighted by molar-refractivity contribution is -0.136. The van der Waals surface area contributed by atoms with Gasteiger partial charge in [-0.2, -0.15) is 0 Å². The van der Waals surface area contributed by atoms with E-state index in [4.69, 9.17) is 11.6 Å². The number of likely N-dealkylation sites (tertiary alicyclic amines) is 1. The van der Waals surface area contributed by atoms with Crippen LogP contribution in [0.2, 0.25) is 5.02 Å². The molecule has 25 heavy (non-hydrogen) atoms. The Morgan fingerprint density at radius 3 is 2.92 bits per heavy atom. The summed E-state index contributed by atoms with van der Waals surface area (Å²) in [5.41, 5.74) is 3.43. The zero-order valence-electron chi connectivity index (χ0n) is 13.9. The number of carbonyl (C=O) groups is 2. The van der Waals surface area contributed by atoms with E-state index < -0.39 is 0 Å². The summed E-state index contributed by atoms with van der Waals surface area (Å²) >= 11 is 6.15. The molecule has 1 aromatic carbocycles. The molecular formula is C19H20ClN3O2. The highest BCUT2D eigenvalue weighted by molar-refractivity contribution is 6.31. The van der Waals surface area contributed by atoms with Crippen molar-refractivity contribution in [2.24, 2.45) is 5.92 Å². The molecule has 0 bridgehead atoms. The lowest BCUT2D eigenvalue weighted by atomic mass is 10.0. The summed E-state index contributed by atoms with van der Waals surface area (Å²) in [6, 6.07) is 6.24. The number of hydrogen-bond acceptors (Lipinski definition) is 2. The number of halogens is 1. The van der Waals surface area contributed by atoms with Crippen molar-refractivity contribution >= 4 is 34.3 Å². The molecule has 2 aromatic rings. The molecule has 6 heteroatoms. The SMILES string of the molecule is O=C([C@@H]1CC(=O)N(C2CC2)C1)N1CCc2[nH]c3ccc(Cl)cc3c2C1. The van der Waals surface area contributed by atoms with Crippen LogP contribution in [0.4, 0.5) is 0 Å². The molecule has 1 N–H and O–H groups in total. The number of nitrogens with one attached hydrogen (secondary N) is 1. The summed E-state index contributed by atoms with van der Waals surface area (Å²) in [6.07, 6.45) is 3.38. The van der Waals surface area contributed by atoms with Crippen molar-refractivity contribution in [2.45, 2.75) is 38.3 Å². The Kier molecular flexibility index (Phi) is 3.35. The third-order valence-electron chi connectivity index (χ3n) is 5.74. The maximum absolute atomic E-state index is 13.0. The van der Waals surface area contributed by atoms with Crippen molar-refractivity contribution in [3.63, 3.8) is 0 Å². The summed E-state index contributed by atoms with van der Waals surface area (Å²) < 4.78 is 0. The smallest absolute Gasteiger partial charge is 0.228 e. The van der Waals surface area contributed by atoms with E-state index in [1.54, 1.807) is 0 Å². The molecule has 0 unspecified atom stereocenters. The summed E-state index contributed by atoms with van der Waals surface area (Å²) in [5.74, 6) is 0.0967. The summed E-state index contributed by atoms with van der Waals surface area (Å²) in [5, 5.41) is 1.81. The van der Waals surface area contributed by atoms with Gasteiger partial charge >= 0.3 is 0 Å². The van der Waals surface area contributed by atoms with Gasteiger partial charge in [0.15, 0.2) is 0 Å². The van der Waals surface area contributed by atoms with Crippen molar-refractivity contribution in [2.75, 3.05) is 13.1 Å². The Bertz CT molecular complexity index is 886. The number of amides is 2. The molecule has 1 atom stereocenters. The fourth-order valence-electron chi connectivity index (χ4n) is 4.27. The number of nitrogens with zero attached hydrogens (tertiary/aromatic N) is 2. The topological polar surface area (TPSA) is 56.4 Å². The highest BCUT2D eigenvalue weighted by Crippen LogP contribution is 2.35. The molecule has 1 saturated heterocycles. The van der Waals surface area contributed by atoms with Crippen LogP contribution >= 0.6 is 11.6 Å². The highest BCUT2D eigenvalue weighted by Gasteiger charge is 2.43. The van der Waals surface area contributed by atoms with Gasteiger partial charge in [-0.15, -0.1) is 0 Å². The number of hydrogen-bond donors (Lipinski definition) is 1. The first-order chi connectivity index (χ1) is 12.1. The van der Waals surface area contributed by atoms with E-state index in [0.717, 1.165) is 30.2 Å². The maximum atomic E-state index is 13.0. The van der Waals surface area contributed by atoms with E-state index in [0.29, 0.717) is 37.1 Å². The molecule has 2 aliphatic heterocycles. The van der Waals surface area contributed by atoms with E-state index in [-0.39, 0.29) is 17.7 Å². The van der Waals surface area contributed by atoms with E-state index in [1.807, 2.05) is 28.0 Å². The third kappa shape index (κ3) is 2.53. The van der Waals surface area contributed by atoms with Gasteiger partial charge in [0.25, 0.3) is 0 Å². The van der Waals surface area contributed by atoms with E-state index in [1.165, 1.54) is 11.3 Å². The zero-order chi connectivity index (χ0) is 17.1. The molecule has 130 valence electrons. The number of benzene rings is 1. The van der Waals surface area contributed by atoms with Crippen molar-refractivity contribution in [3.8, 4) is 0 Å². The average molecular weight is 358 g/mol. The first-order valence-corrected chi connectivity index (χ1v) is 9.35. The molecule has 5 rings (SSSR count). The zero-order valence-corrected chi connectivity index (χ0v) is 14.7. The number of fused-ring (bicyclic) bond motifs is 3. The standard InChI is InChI=1S/C19H20ClN3O2/c20-12-1-4-16-14(8-12)15-10-22(6-5-17(15)21-16)19(25)11-7-18(24)23(9-11)13-2-3-13/h1,4,8,11,13,21H,2-3,5-7,9-10H2/t11-/m1/s1. The second-order valence-corrected chi connectivity index (χ2v) is 7.90. The molecule has 2 amide bonds. The summed E-state index contributed by atoms with van der Waals surface area (Å²) in [4.78, 5) is 32.4. The Labute approximate surface area is 150 Å². The average Bonchev–Trinajstić information content (AvgIpc) is 3.29. The Morgan fingerprint density at radius 1 is 1.28 bits per heavy atom. The van der Waals surface area contributed by atoms with Gasteiger partial charge in [0.05, 0.1) is 5.92 Å². The van der Waals surface area contributed by atoms with Gasteiger partial charge in [-0.3, -0.25) is 9.59 Å².